The molecule has 0 aliphatic rings. The number of aromatic nitrogens is 2. The summed E-state index contributed by atoms with van der Waals surface area (Å²) in [7, 11) is 0. The summed E-state index contributed by atoms with van der Waals surface area (Å²) in [6, 6.07) is 7.49. The molecule has 2 aromatic rings. The van der Waals surface area contributed by atoms with Crippen molar-refractivity contribution >= 4 is 17.5 Å². The summed E-state index contributed by atoms with van der Waals surface area (Å²) in [6.07, 6.45) is 2.17. The van der Waals surface area contributed by atoms with Gasteiger partial charge in [0.25, 0.3) is 0 Å². The zero-order valence-corrected chi connectivity index (χ0v) is 14.4. The Hall–Kier alpha value is -1.85. The van der Waals surface area contributed by atoms with Gasteiger partial charge >= 0.3 is 0 Å². The van der Waals surface area contributed by atoms with Crippen molar-refractivity contribution < 1.29 is 4.79 Å². The number of hydrogen-bond donors (Lipinski definition) is 2. The number of nitrogens with one attached hydrogen (secondary N) is 1. The van der Waals surface area contributed by atoms with Gasteiger partial charge in [-0.2, -0.15) is 5.10 Å². The summed E-state index contributed by atoms with van der Waals surface area (Å²) in [4.78, 5) is 12.1. The van der Waals surface area contributed by atoms with E-state index in [9.17, 15) is 4.79 Å². The van der Waals surface area contributed by atoms with Gasteiger partial charge in [0.15, 0.2) is 0 Å². The number of nitrogens with zero attached hydrogens (tertiary/aromatic N) is 2. The van der Waals surface area contributed by atoms with Crippen LogP contribution in [-0.4, -0.2) is 28.8 Å². The molecule has 1 aromatic heterocycles. The highest BCUT2D eigenvalue weighted by atomic mass is 35.5. The molecule has 0 bridgehead atoms. The second kappa shape index (κ2) is 8.13. The molecule has 0 aliphatic carbocycles. The molecule has 6 heteroatoms. The second-order valence-corrected chi connectivity index (χ2v) is 6.00. The molecule has 0 radical (unpaired) electrons. The van der Waals surface area contributed by atoms with E-state index in [1.165, 1.54) is 0 Å². The lowest BCUT2D eigenvalue weighted by Crippen LogP contribution is -2.26. The van der Waals surface area contributed by atoms with Gasteiger partial charge in [0.2, 0.25) is 5.91 Å². The second-order valence-electron chi connectivity index (χ2n) is 5.56. The molecule has 3 N–H and O–H groups in total. The molecule has 0 saturated carbocycles. The summed E-state index contributed by atoms with van der Waals surface area (Å²) in [5.41, 5.74) is 9.19. The molecule has 2 rings (SSSR count). The Morgan fingerprint density at radius 2 is 1.96 bits per heavy atom. The van der Waals surface area contributed by atoms with Crippen LogP contribution in [0.5, 0.6) is 0 Å². The number of benzene rings is 1. The molecule has 0 spiro atoms. The minimum absolute atomic E-state index is 0.0175. The van der Waals surface area contributed by atoms with E-state index in [1.807, 2.05) is 42.8 Å². The molecule has 1 aromatic carbocycles. The molecule has 0 aliphatic heterocycles. The van der Waals surface area contributed by atoms with Gasteiger partial charge < -0.3 is 11.1 Å². The summed E-state index contributed by atoms with van der Waals surface area (Å²) < 4.78 is 1.85. The average Bonchev–Trinajstić information content (AvgIpc) is 2.80. The number of amides is 1. The van der Waals surface area contributed by atoms with Crippen molar-refractivity contribution in [3.63, 3.8) is 0 Å². The first-order chi connectivity index (χ1) is 11.0. The highest BCUT2D eigenvalue weighted by Crippen LogP contribution is 2.20. The van der Waals surface area contributed by atoms with Crippen LogP contribution >= 0.6 is 11.6 Å². The Morgan fingerprint density at radius 1 is 1.26 bits per heavy atom. The van der Waals surface area contributed by atoms with Crippen LogP contribution in [0.2, 0.25) is 5.02 Å². The Morgan fingerprint density at radius 3 is 2.61 bits per heavy atom. The maximum absolute atomic E-state index is 12.1. The van der Waals surface area contributed by atoms with Gasteiger partial charge in [-0.3, -0.25) is 4.79 Å². The zero-order chi connectivity index (χ0) is 16.8. The lowest BCUT2D eigenvalue weighted by atomic mass is 10.1. The summed E-state index contributed by atoms with van der Waals surface area (Å²) in [5.74, 6) is 0.0175. The van der Waals surface area contributed by atoms with Gasteiger partial charge in [-0.25, -0.2) is 4.68 Å². The van der Waals surface area contributed by atoms with E-state index in [4.69, 9.17) is 17.3 Å². The standard InChI is InChI=1S/C17H23ClN4O/c1-12-16(11-17(23)20-10-4-3-9-19)13(2)22(21-12)15-7-5-14(18)6-8-15/h5-8H,3-4,9-11,19H2,1-2H3,(H,20,23). The first-order valence-corrected chi connectivity index (χ1v) is 8.18. The molecule has 0 atom stereocenters. The Kier molecular flexibility index (Phi) is 6.19. The highest BCUT2D eigenvalue weighted by molar-refractivity contribution is 6.30. The molecule has 0 saturated heterocycles. The number of halogens is 1. The van der Waals surface area contributed by atoms with Gasteiger partial charge in [-0.15, -0.1) is 0 Å². The molecule has 23 heavy (non-hydrogen) atoms. The van der Waals surface area contributed by atoms with Crippen molar-refractivity contribution in [3.8, 4) is 5.69 Å². The normalized spacial score (nSPS) is 10.8. The third-order valence-corrected chi connectivity index (χ3v) is 4.05. The van der Waals surface area contributed by atoms with E-state index in [2.05, 4.69) is 10.4 Å². The van der Waals surface area contributed by atoms with Crippen LogP contribution in [0.4, 0.5) is 0 Å². The number of carbonyl (C=O) groups excluding carboxylic acids is 1. The van der Waals surface area contributed by atoms with E-state index in [0.29, 0.717) is 24.5 Å². The van der Waals surface area contributed by atoms with E-state index < -0.39 is 0 Å². The van der Waals surface area contributed by atoms with Crippen LogP contribution in [0, 0.1) is 13.8 Å². The lowest BCUT2D eigenvalue weighted by molar-refractivity contribution is -0.120. The Balaban J connectivity index is 2.08. The molecule has 1 heterocycles. The quantitative estimate of drug-likeness (QED) is 0.764. The fraction of sp³-hybridized carbons (Fsp3) is 0.412. The fourth-order valence-corrected chi connectivity index (χ4v) is 2.61. The third kappa shape index (κ3) is 4.56. The zero-order valence-electron chi connectivity index (χ0n) is 13.6. The number of nitrogens with two attached hydrogens (primary N) is 1. The Bertz CT molecular complexity index is 664. The smallest absolute Gasteiger partial charge is 0.224 e. The van der Waals surface area contributed by atoms with Gasteiger partial charge in [-0.05, 0) is 57.5 Å². The number of aryl methyl sites for hydroxylation is 1. The predicted octanol–water partition coefficient (Wildman–Crippen LogP) is 2.54. The van der Waals surface area contributed by atoms with Gasteiger partial charge in [-0.1, -0.05) is 11.6 Å². The van der Waals surface area contributed by atoms with Gasteiger partial charge in [0.05, 0.1) is 17.8 Å². The van der Waals surface area contributed by atoms with Crippen LogP contribution in [0.1, 0.15) is 29.8 Å². The largest absolute Gasteiger partial charge is 0.356 e. The number of unbranched alkanes of at least 4 members (excludes halogenated alkanes) is 1. The van der Waals surface area contributed by atoms with Crippen molar-refractivity contribution in [1.82, 2.24) is 15.1 Å². The molecular weight excluding hydrogens is 312 g/mol. The predicted molar refractivity (Wildman–Crippen MR) is 93.1 cm³/mol. The van der Waals surface area contributed by atoms with Gasteiger partial charge in [0, 0.05) is 22.8 Å². The van der Waals surface area contributed by atoms with Crippen molar-refractivity contribution in [3.05, 3.63) is 46.2 Å². The monoisotopic (exact) mass is 334 g/mol. The average molecular weight is 335 g/mol. The van der Waals surface area contributed by atoms with Crippen LogP contribution in [-0.2, 0) is 11.2 Å². The summed E-state index contributed by atoms with van der Waals surface area (Å²) in [5, 5.41) is 8.17. The van der Waals surface area contributed by atoms with Gasteiger partial charge in [0.1, 0.15) is 0 Å². The summed E-state index contributed by atoms with van der Waals surface area (Å²) in [6.45, 7) is 5.23. The number of rotatable bonds is 7. The maximum Gasteiger partial charge on any atom is 0.224 e. The van der Waals surface area contributed by atoms with Crippen molar-refractivity contribution in [2.45, 2.75) is 33.1 Å². The van der Waals surface area contributed by atoms with Crippen molar-refractivity contribution in [2.75, 3.05) is 13.1 Å². The topological polar surface area (TPSA) is 72.9 Å². The van der Waals surface area contributed by atoms with Crippen LogP contribution in [0.25, 0.3) is 5.69 Å². The number of carbonyl (C=O) groups is 1. The van der Waals surface area contributed by atoms with E-state index >= 15 is 0 Å². The number of hydrogen-bond acceptors (Lipinski definition) is 3. The highest BCUT2D eigenvalue weighted by Gasteiger charge is 2.15. The molecule has 5 nitrogen and oxygen atoms in total. The molecule has 0 fully saturated rings. The van der Waals surface area contributed by atoms with Crippen LogP contribution in [0.15, 0.2) is 24.3 Å². The molecular formula is C17H23ClN4O. The molecule has 1 amide bonds. The maximum atomic E-state index is 12.1. The minimum atomic E-state index is 0.0175. The van der Waals surface area contributed by atoms with E-state index in [0.717, 1.165) is 35.5 Å². The molecule has 124 valence electrons. The summed E-state index contributed by atoms with van der Waals surface area (Å²) >= 11 is 5.92. The van der Waals surface area contributed by atoms with Crippen molar-refractivity contribution in [1.29, 1.82) is 0 Å². The lowest BCUT2D eigenvalue weighted by Gasteiger charge is -2.07. The third-order valence-electron chi connectivity index (χ3n) is 3.80. The molecule has 0 unspecified atom stereocenters. The first-order valence-electron chi connectivity index (χ1n) is 7.80. The van der Waals surface area contributed by atoms with Crippen LogP contribution < -0.4 is 11.1 Å². The van der Waals surface area contributed by atoms with E-state index in [1.54, 1.807) is 0 Å². The van der Waals surface area contributed by atoms with E-state index in [-0.39, 0.29) is 5.91 Å². The minimum Gasteiger partial charge on any atom is -0.356 e. The first kappa shape index (κ1) is 17.5. The SMILES string of the molecule is Cc1nn(-c2ccc(Cl)cc2)c(C)c1CC(=O)NCCCCN. The van der Waals surface area contributed by atoms with Crippen molar-refractivity contribution in [2.24, 2.45) is 5.73 Å². The Labute approximate surface area is 141 Å². The van der Waals surface area contributed by atoms with Crippen LogP contribution in [0.3, 0.4) is 0 Å². The fourth-order valence-electron chi connectivity index (χ4n) is 2.48.